The zero-order valence-corrected chi connectivity index (χ0v) is 8.75. The van der Waals surface area contributed by atoms with Gasteiger partial charge in [0.05, 0.1) is 0 Å². The van der Waals surface area contributed by atoms with Crippen molar-refractivity contribution in [3.8, 4) is 0 Å². The Morgan fingerprint density at radius 2 is 1.00 bits per heavy atom. The molecule has 0 bridgehead atoms. The van der Waals surface area contributed by atoms with E-state index >= 15 is 0 Å². The van der Waals surface area contributed by atoms with Crippen molar-refractivity contribution in [2.75, 3.05) is 0 Å². The first-order chi connectivity index (χ1) is 3.75. The summed E-state index contributed by atoms with van der Waals surface area (Å²) < 4.78 is 47.7. The Balaban J connectivity index is 5.14. The van der Waals surface area contributed by atoms with Crippen LogP contribution in [0.1, 0.15) is 20.8 Å². The van der Waals surface area contributed by atoms with Gasteiger partial charge in [-0.2, -0.15) is 0 Å². The van der Waals surface area contributed by atoms with Gasteiger partial charge in [0.25, 0.3) is 0 Å². The average Bonchev–Trinajstić information content (AvgIpc) is 1.16. The molecule has 0 rings (SSSR count). The molecule has 0 spiro atoms. The van der Waals surface area contributed by atoms with E-state index in [-0.39, 0.29) is 4.97 Å². The van der Waals surface area contributed by atoms with Crippen LogP contribution in [0.5, 0.6) is 0 Å². The van der Waals surface area contributed by atoms with Crippen molar-refractivity contribution in [3.05, 3.63) is 0 Å². The van der Waals surface area contributed by atoms with Gasteiger partial charge in [0.15, 0.2) is 0 Å². The summed E-state index contributed by atoms with van der Waals surface area (Å²) in [4.78, 5) is -0.165. The molecule has 0 fully saturated rings. The molecule has 10 heavy (non-hydrogen) atoms. The van der Waals surface area contributed by atoms with Crippen molar-refractivity contribution in [2.24, 2.45) is 0 Å². The molecule has 0 unspecified atom stereocenters. The van der Waals surface area contributed by atoms with Crippen molar-refractivity contribution in [2.45, 2.75) is 29.2 Å². The topological polar surface area (TPSA) is 0 Å². The number of hydrogen-bond donors (Lipinski definition) is 0. The van der Waals surface area contributed by atoms with Gasteiger partial charge in [0.1, 0.15) is 0 Å². The summed E-state index contributed by atoms with van der Waals surface area (Å²) in [5.74, 6) is 0. The maximum atomic E-state index is 12.5. The van der Waals surface area contributed by atoms with Crippen molar-refractivity contribution in [3.63, 3.8) is 0 Å². The van der Waals surface area contributed by atoms with Crippen molar-refractivity contribution >= 4 is 17.7 Å². The molecular formula is C5H12F4Te. The molecule has 0 heterocycles. The molecule has 66 valence electrons. The predicted molar refractivity (Wildman–Crippen MR) is 35.8 cm³/mol. The fraction of sp³-hybridized carbons (Fsp3) is 1.00. The van der Waals surface area contributed by atoms with Gasteiger partial charge in [-0.15, -0.1) is 0 Å². The molecule has 0 aromatic heterocycles. The third kappa shape index (κ3) is 1.99. The van der Waals surface area contributed by atoms with Crippen LogP contribution in [0.2, 0.25) is 8.43 Å². The molecule has 0 saturated carbocycles. The van der Waals surface area contributed by atoms with Gasteiger partial charge in [-0.1, -0.05) is 0 Å². The van der Waals surface area contributed by atoms with E-state index in [2.05, 4.69) is 0 Å². The predicted octanol–water partition coefficient (Wildman–Crippen LogP) is 3.64. The standard InChI is InChI=1S/C5H12F4Te/c1-5(2,3)10(4,6,7,8)9/h1-4H3. The molecule has 0 N–H and O–H groups in total. The van der Waals surface area contributed by atoms with Gasteiger partial charge >= 0.3 is 58.5 Å². The summed E-state index contributed by atoms with van der Waals surface area (Å²) in [6.45, 7) is 2.62. The molecule has 0 aliphatic carbocycles. The Kier molecular flexibility index (Phi) is 1.56. The van der Waals surface area contributed by atoms with Crippen LogP contribution in [0, 0.1) is 0 Å². The molecule has 0 radical (unpaired) electrons. The van der Waals surface area contributed by atoms with E-state index in [0.29, 0.717) is 0 Å². The Morgan fingerprint density at radius 3 is 1.00 bits per heavy atom. The maximum absolute atomic E-state index is 12.5. The van der Waals surface area contributed by atoms with Crippen LogP contribution in [0.3, 0.4) is 0 Å². The molecule has 0 nitrogen and oxygen atoms in total. The first-order valence-electron chi connectivity index (χ1n) is 2.73. The number of hydrogen-bond acceptors (Lipinski definition) is 0. The van der Waals surface area contributed by atoms with Crippen LogP contribution in [0.15, 0.2) is 0 Å². The molecule has 0 aromatic carbocycles. The van der Waals surface area contributed by atoms with Crippen LogP contribution in [-0.2, 0) is 0 Å². The summed E-state index contributed by atoms with van der Waals surface area (Å²) in [7, 11) is 0. The first-order valence-corrected chi connectivity index (χ1v) is 9.75. The molecule has 5 heteroatoms. The van der Waals surface area contributed by atoms with E-state index in [4.69, 9.17) is 0 Å². The Morgan fingerprint density at radius 1 is 0.900 bits per heavy atom. The van der Waals surface area contributed by atoms with E-state index in [0.717, 1.165) is 20.8 Å². The van der Waals surface area contributed by atoms with Crippen LogP contribution < -0.4 is 0 Å². The molecule has 0 atom stereocenters. The van der Waals surface area contributed by atoms with Crippen molar-refractivity contribution < 1.29 is 11.6 Å². The Hall–Kier alpha value is 0.510. The van der Waals surface area contributed by atoms with Gasteiger partial charge < -0.3 is 0 Å². The van der Waals surface area contributed by atoms with E-state index in [1.54, 1.807) is 0 Å². The summed E-state index contributed by atoms with van der Waals surface area (Å²) in [5.41, 5.74) is 0. The quantitative estimate of drug-likeness (QED) is 0.468. The van der Waals surface area contributed by atoms with Crippen LogP contribution in [-0.4, -0.2) is 17.7 Å². The van der Waals surface area contributed by atoms with Crippen LogP contribution in [0.25, 0.3) is 0 Å². The molecule has 0 amide bonds. The molecular weight excluding hydrogens is 264 g/mol. The summed E-state index contributed by atoms with van der Waals surface area (Å²) in [5, 5.41) is 0. The van der Waals surface area contributed by atoms with Gasteiger partial charge in [0.2, 0.25) is 0 Å². The minimum atomic E-state index is -8.55. The van der Waals surface area contributed by atoms with Gasteiger partial charge in [-0.3, -0.25) is 0 Å². The summed E-state index contributed by atoms with van der Waals surface area (Å²) in [6.07, 6.45) is 0. The zero-order chi connectivity index (χ0) is 8.91. The number of rotatable bonds is 0. The fourth-order valence-electron chi connectivity index (χ4n) is 0. The van der Waals surface area contributed by atoms with E-state index in [9.17, 15) is 11.6 Å². The van der Waals surface area contributed by atoms with Gasteiger partial charge in [-0.05, 0) is 0 Å². The molecule has 0 aromatic rings. The molecule has 0 aliphatic rings. The zero-order valence-electron chi connectivity index (χ0n) is 6.42. The molecule has 0 aliphatic heterocycles. The van der Waals surface area contributed by atoms with Crippen LogP contribution >= 0.6 is 0 Å². The van der Waals surface area contributed by atoms with Gasteiger partial charge in [0, 0.05) is 0 Å². The normalized spacial score (nSPS) is 21.6. The van der Waals surface area contributed by atoms with E-state index in [1.807, 2.05) is 0 Å². The monoisotopic (exact) mass is 278 g/mol. The van der Waals surface area contributed by atoms with E-state index < -0.39 is 21.2 Å². The van der Waals surface area contributed by atoms with E-state index in [1.165, 1.54) is 0 Å². The Bertz CT molecular complexity index is 144. The average molecular weight is 276 g/mol. The Labute approximate surface area is 58.9 Å². The third-order valence-corrected chi connectivity index (χ3v) is 10.3. The SMILES string of the molecule is CC(C)(C)[Te](C)(F)(F)(F)F. The van der Waals surface area contributed by atoms with Gasteiger partial charge in [-0.25, -0.2) is 0 Å². The first kappa shape index (κ1) is 10.5. The second kappa shape index (κ2) is 1.49. The molecule has 0 saturated heterocycles. The van der Waals surface area contributed by atoms with Crippen molar-refractivity contribution in [1.82, 2.24) is 0 Å². The minimum absolute atomic E-state index is 0.165. The fourth-order valence-corrected chi connectivity index (χ4v) is 0. The summed E-state index contributed by atoms with van der Waals surface area (Å²) in [6, 6.07) is 0. The third-order valence-electron chi connectivity index (χ3n) is 1.54. The second-order valence-electron chi connectivity index (χ2n) is 3.59. The van der Waals surface area contributed by atoms with Crippen molar-refractivity contribution in [1.29, 1.82) is 0 Å². The summed E-state index contributed by atoms with van der Waals surface area (Å²) >= 11 is -8.55. The second-order valence-corrected chi connectivity index (χ2v) is 15.5. The number of halogens is 4. The van der Waals surface area contributed by atoms with Crippen LogP contribution in [0.4, 0.5) is 11.6 Å².